The van der Waals surface area contributed by atoms with Crippen LogP contribution in [0.15, 0.2) is 73.1 Å². The molecule has 1 heterocycles. The summed E-state index contributed by atoms with van der Waals surface area (Å²) in [6.45, 7) is 0.948. The van der Waals surface area contributed by atoms with Crippen LogP contribution in [0.4, 0.5) is 0 Å². The van der Waals surface area contributed by atoms with E-state index in [1.165, 1.54) is 7.11 Å². The van der Waals surface area contributed by atoms with Crippen molar-refractivity contribution in [2.24, 2.45) is 0 Å². The van der Waals surface area contributed by atoms with Crippen molar-refractivity contribution in [1.82, 2.24) is 4.98 Å². The number of hydrogen-bond acceptors (Lipinski definition) is 4. The van der Waals surface area contributed by atoms with Crippen LogP contribution >= 0.6 is 0 Å². The van der Waals surface area contributed by atoms with Crippen molar-refractivity contribution in [1.29, 1.82) is 0 Å². The van der Waals surface area contributed by atoms with E-state index in [-0.39, 0.29) is 5.97 Å². The van der Waals surface area contributed by atoms with Crippen molar-refractivity contribution in [3.63, 3.8) is 0 Å². The van der Waals surface area contributed by atoms with E-state index < -0.39 is 0 Å². The predicted molar refractivity (Wildman–Crippen MR) is 95.9 cm³/mol. The Morgan fingerprint density at radius 1 is 0.960 bits per heavy atom. The number of carbonyl (C=O) groups excluding carboxylic acids is 1. The highest BCUT2D eigenvalue weighted by atomic mass is 16.5. The summed E-state index contributed by atoms with van der Waals surface area (Å²) >= 11 is 0. The normalized spacial score (nSPS) is 10.4. The van der Waals surface area contributed by atoms with E-state index in [4.69, 9.17) is 9.47 Å². The zero-order valence-electron chi connectivity index (χ0n) is 14.0. The summed E-state index contributed by atoms with van der Waals surface area (Å²) in [5.41, 5.74) is 4.38. The van der Waals surface area contributed by atoms with Gasteiger partial charge in [0.1, 0.15) is 0 Å². The van der Waals surface area contributed by atoms with Crippen molar-refractivity contribution >= 4 is 5.97 Å². The van der Waals surface area contributed by atoms with E-state index in [2.05, 4.69) is 4.98 Å². The number of methoxy groups -OCH3 is 1. The molecule has 1 aromatic heterocycles. The highest BCUT2D eigenvalue weighted by Crippen LogP contribution is 2.26. The molecule has 0 fully saturated rings. The number of benzene rings is 2. The van der Waals surface area contributed by atoms with Crippen LogP contribution < -0.4 is 0 Å². The molecule has 0 aliphatic heterocycles. The highest BCUT2D eigenvalue weighted by molar-refractivity contribution is 5.97. The number of carbonyl (C=O) groups is 1. The molecule has 0 N–H and O–H groups in total. The molecule has 0 saturated heterocycles. The molecule has 3 rings (SSSR count). The van der Waals surface area contributed by atoms with E-state index in [0.29, 0.717) is 18.8 Å². The van der Waals surface area contributed by atoms with Gasteiger partial charge >= 0.3 is 5.97 Å². The average molecular weight is 333 g/mol. The summed E-state index contributed by atoms with van der Waals surface area (Å²) in [5.74, 6) is -0.346. The average Bonchev–Trinajstić information content (AvgIpc) is 2.69. The first kappa shape index (κ1) is 16.9. The molecule has 0 saturated carbocycles. The lowest BCUT2D eigenvalue weighted by molar-refractivity contribution is 0.0601. The van der Waals surface area contributed by atoms with E-state index in [1.54, 1.807) is 18.5 Å². The topological polar surface area (TPSA) is 48.4 Å². The number of pyridine rings is 1. The fourth-order valence-electron chi connectivity index (χ4n) is 2.60. The molecule has 0 aliphatic carbocycles. The Morgan fingerprint density at radius 2 is 1.76 bits per heavy atom. The van der Waals surface area contributed by atoms with Gasteiger partial charge in [-0.05, 0) is 40.5 Å². The summed E-state index contributed by atoms with van der Waals surface area (Å²) in [5, 5.41) is 0. The lowest BCUT2D eigenvalue weighted by Crippen LogP contribution is -2.05. The number of aromatic nitrogens is 1. The van der Waals surface area contributed by atoms with Crippen molar-refractivity contribution in [2.75, 3.05) is 7.11 Å². The number of nitrogens with zero attached hydrogens (tertiary/aromatic N) is 1. The van der Waals surface area contributed by atoms with Crippen molar-refractivity contribution in [2.45, 2.75) is 13.2 Å². The molecule has 0 spiro atoms. The van der Waals surface area contributed by atoms with Crippen molar-refractivity contribution in [3.8, 4) is 11.1 Å². The van der Waals surface area contributed by atoms with Gasteiger partial charge in [0.15, 0.2) is 0 Å². The van der Waals surface area contributed by atoms with Crippen LogP contribution in [-0.4, -0.2) is 18.1 Å². The summed E-state index contributed by atoms with van der Waals surface area (Å²) in [4.78, 5) is 16.1. The minimum atomic E-state index is -0.346. The monoisotopic (exact) mass is 333 g/mol. The van der Waals surface area contributed by atoms with Gasteiger partial charge in [-0.25, -0.2) is 4.79 Å². The fourth-order valence-corrected chi connectivity index (χ4v) is 2.60. The van der Waals surface area contributed by atoms with Crippen LogP contribution in [0.1, 0.15) is 21.5 Å². The van der Waals surface area contributed by atoms with Crippen LogP contribution in [0.2, 0.25) is 0 Å². The molecular weight excluding hydrogens is 314 g/mol. The number of rotatable bonds is 6. The molecule has 0 amide bonds. The van der Waals surface area contributed by atoms with Gasteiger partial charge in [-0.1, -0.05) is 42.5 Å². The van der Waals surface area contributed by atoms with Gasteiger partial charge in [0, 0.05) is 12.4 Å². The van der Waals surface area contributed by atoms with Crippen LogP contribution in [0.25, 0.3) is 11.1 Å². The molecule has 25 heavy (non-hydrogen) atoms. The van der Waals surface area contributed by atoms with Crippen LogP contribution in [-0.2, 0) is 22.7 Å². The number of esters is 1. The first-order valence-corrected chi connectivity index (χ1v) is 8.01. The number of hydrogen-bond donors (Lipinski definition) is 0. The zero-order chi connectivity index (χ0) is 17.5. The molecule has 3 aromatic rings. The van der Waals surface area contributed by atoms with Gasteiger partial charge in [-0.2, -0.15) is 0 Å². The highest BCUT2D eigenvalue weighted by Gasteiger charge is 2.14. The molecule has 4 nitrogen and oxygen atoms in total. The molecule has 0 bridgehead atoms. The third-order valence-corrected chi connectivity index (χ3v) is 3.83. The maximum atomic E-state index is 12.1. The van der Waals surface area contributed by atoms with Crippen LogP contribution in [0, 0.1) is 0 Å². The first-order chi connectivity index (χ1) is 12.3. The second kappa shape index (κ2) is 8.22. The van der Waals surface area contributed by atoms with Crippen molar-refractivity contribution < 1.29 is 14.3 Å². The lowest BCUT2D eigenvalue weighted by Gasteiger charge is -2.11. The van der Waals surface area contributed by atoms with E-state index >= 15 is 0 Å². The second-order valence-electron chi connectivity index (χ2n) is 5.59. The maximum absolute atomic E-state index is 12.1. The molecule has 4 heteroatoms. The van der Waals surface area contributed by atoms with Crippen LogP contribution in [0.3, 0.4) is 0 Å². The van der Waals surface area contributed by atoms with Gasteiger partial charge < -0.3 is 9.47 Å². The largest absolute Gasteiger partial charge is 0.465 e. The molecule has 0 atom stereocenters. The molecule has 126 valence electrons. The van der Waals surface area contributed by atoms with Gasteiger partial charge in [-0.3, -0.25) is 4.98 Å². The Bertz CT molecular complexity index is 832. The maximum Gasteiger partial charge on any atom is 0.338 e. The Labute approximate surface area is 147 Å². The summed E-state index contributed by atoms with van der Waals surface area (Å²) in [6, 6.07) is 19.3. The predicted octanol–water partition coefficient (Wildman–Crippen LogP) is 4.25. The molecular formula is C21H19NO3. The standard InChI is InChI=1S/C21H19NO3/c1-24-21(23)19-10-9-16(12-20(19)18-7-3-2-4-8-18)14-25-15-17-6-5-11-22-13-17/h2-13H,14-15H2,1H3. The van der Waals surface area contributed by atoms with Crippen molar-refractivity contribution in [3.05, 3.63) is 89.7 Å². The van der Waals surface area contributed by atoms with Crippen LogP contribution in [0.5, 0.6) is 0 Å². The smallest absolute Gasteiger partial charge is 0.338 e. The minimum absolute atomic E-state index is 0.346. The van der Waals surface area contributed by atoms with Gasteiger partial charge in [0.25, 0.3) is 0 Å². The quantitative estimate of drug-likeness (QED) is 0.633. The van der Waals surface area contributed by atoms with E-state index in [1.807, 2.05) is 54.6 Å². The Kier molecular flexibility index (Phi) is 5.54. The second-order valence-corrected chi connectivity index (χ2v) is 5.59. The molecule has 0 aliphatic rings. The third-order valence-electron chi connectivity index (χ3n) is 3.83. The SMILES string of the molecule is COC(=O)c1ccc(COCc2cccnc2)cc1-c1ccccc1. The van der Waals surface area contributed by atoms with E-state index in [0.717, 1.165) is 22.3 Å². The van der Waals surface area contributed by atoms with Gasteiger partial charge in [0.05, 0.1) is 25.9 Å². The summed E-state index contributed by atoms with van der Waals surface area (Å²) < 4.78 is 10.7. The molecule has 0 radical (unpaired) electrons. The summed E-state index contributed by atoms with van der Waals surface area (Å²) in [6.07, 6.45) is 3.52. The van der Waals surface area contributed by atoms with Gasteiger partial charge in [-0.15, -0.1) is 0 Å². The lowest BCUT2D eigenvalue weighted by atomic mass is 9.97. The number of ether oxygens (including phenoxy) is 2. The Hall–Kier alpha value is -2.98. The zero-order valence-corrected chi connectivity index (χ0v) is 14.0. The Balaban J connectivity index is 1.80. The minimum Gasteiger partial charge on any atom is -0.465 e. The van der Waals surface area contributed by atoms with E-state index in [9.17, 15) is 4.79 Å². The van der Waals surface area contributed by atoms with Gasteiger partial charge in [0.2, 0.25) is 0 Å². The summed E-state index contributed by atoms with van der Waals surface area (Å²) in [7, 11) is 1.39. The molecule has 2 aromatic carbocycles. The Morgan fingerprint density at radius 3 is 2.48 bits per heavy atom. The molecule has 0 unspecified atom stereocenters. The third kappa shape index (κ3) is 4.31. The first-order valence-electron chi connectivity index (χ1n) is 8.01. The fraction of sp³-hybridized carbons (Fsp3) is 0.143.